The van der Waals surface area contributed by atoms with Gasteiger partial charge in [-0.3, -0.25) is 9.67 Å². The van der Waals surface area contributed by atoms with E-state index in [-0.39, 0.29) is 5.69 Å². The molecular formula is C14H10ClN3O2. The van der Waals surface area contributed by atoms with Crippen molar-refractivity contribution >= 4 is 28.5 Å². The van der Waals surface area contributed by atoms with Crippen LogP contribution in [0.1, 0.15) is 16.1 Å². The van der Waals surface area contributed by atoms with Gasteiger partial charge in [-0.1, -0.05) is 29.8 Å². The maximum absolute atomic E-state index is 11.2. The highest BCUT2D eigenvalue weighted by Crippen LogP contribution is 2.21. The normalized spacial score (nSPS) is 10.8. The molecule has 0 radical (unpaired) electrons. The number of fused-ring (bicyclic) bond motifs is 1. The highest BCUT2D eigenvalue weighted by Gasteiger charge is 2.16. The highest BCUT2D eigenvalue weighted by molar-refractivity contribution is 6.31. The zero-order chi connectivity index (χ0) is 14.1. The molecule has 0 aliphatic rings. The Morgan fingerprint density at radius 1 is 1.30 bits per heavy atom. The van der Waals surface area contributed by atoms with Gasteiger partial charge < -0.3 is 5.11 Å². The molecule has 6 heteroatoms. The molecule has 100 valence electrons. The van der Waals surface area contributed by atoms with E-state index in [1.807, 2.05) is 12.1 Å². The van der Waals surface area contributed by atoms with Crippen molar-refractivity contribution in [3.05, 3.63) is 59.0 Å². The van der Waals surface area contributed by atoms with Crippen LogP contribution in [0.15, 0.2) is 42.7 Å². The van der Waals surface area contributed by atoms with Gasteiger partial charge in [-0.15, -0.1) is 0 Å². The fraction of sp³-hybridized carbons (Fsp3) is 0.0714. The van der Waals surface area contributed by atoms with Crippen molar-refractivity contribution < 1.29 is 9.90 Å². The molecule has 1 aromatic carbocycles. The first-order valence-electron chi connectivity index (χ1n) is 5.94. The van der Waals surface area contributed by atoms with Gasteiger partial charge in [-0.25, -0.2) is 4.79 Å². The van der Waals surface area contributed by atoms with Crippen molar-refractivity contribution in [1.29, 1.82) is 0 Å². The van der Waals surface area contributed by atoms with Crippen molar-refractivity contribution in [2.45, 2.75) is 6.54 Å². The maximum atomic E-state index is 11.2. The van der Waals surface area contributed by atoms with Crippen LogP contribution >= 0.6 is 11.6 Å². The Kier molecular flexibility index (Phi) is 3.12. The molecule has 3 rings (SSSR count). The van der Waals surface area contributed by atoms with Gasteiger partial charge >= 0.3 is 5.97 Å². The standard InChI is InChI=1S/C14H10ClN3O2/c15-11-5-6-16-7-9(11)8-18-12-4-2-1-3-10(12)13(17-18)14(19)20/h1-7H,8H2,(H,19,20). The van der Waals surface area contributed by atoms with Gasteiger partial charge in [0.15, 0.2) is 5.69 Å². The number of carbonyl (C=O) groups is 1. The Hall–Kier alpha value is -2.40. The van der Waals surface area contributed by atoms with E-state index in [0.29, 0.717) is 17.0 Å². The van der Waals surface area contributed by atoms with Crippen molar-refractivity contribution in [2.24, 2.45) is 0 Å². The van der Waals surface area contributed by atoms with Crippen LogP contribution in [0, 0.1) is 0 Å². The summed E-state index contributed by atoms with van der Waals surface area (Å²) in [6.45, 7) is 0.375. The van der Waals surface area contributed by atoms with E-state index in [9.17, 15) is 9.90 Å². The van der Waals surface area contributed by atoms with E-state index < -0.39 is 5.97 Å². The lowest BCUT2D eigenvalue weighted by Gasteiger charge is -2.05. The van der Waals surface area contributed by atoms with Gasteiger partial charge in [0.1, 0.15) is 0 Å². The second kappa shape index (κ2) is 4.94. The summed E-state index contributed by atoms with van der Waals surface area (Å²) in [5.74, 6) is -1.04. The zero-order valence-electron chi connectivity index (χ0n) is 10.3. The lowest BCUT2D eigenvalue weighted by atomic mass is 10.2. The van der Waals surface area contributed by atoms with Gasteiger partial charge in [-0.05, 0) is 12.1 Å². The second-order valence-corrected chi connectivity index (χ2v) is 4.70. The smallest absolute Gasteiger partial charge is 0.357 e. The third-order valence-electron chi connectivity index (χ3n) is 3.02. The number of aromatic carboxylic acids is 1. The van der Waals surface area contributed by atoms with Crippen molar-refractivity contribution in [3.63, 3.8) is 0 Å². The maximum Gasteiger partial charge on any atom is 0.357 e. The summed E-state index contributed by atoms with van der Waals surface area (Å²) >= 11 is 6.10. The van der Waals surface area contributed by atoms with Crippen LogP contribution in [-0.4, -0.2) is 25.8 Å². The van der Waals surface area contributed by atoms with Crippen molar-refractivity contribution in [3.8, 4) is 0 Å². The number of para-hydroxylation sites is 1. The third-order valence-corrected chi connectivity index (χ3v) is 3.39. The Labute approximate surface area is 119 Å². The molecule has 1 N–H and O–H groups in total. The molecule has 0 fully saturated rings. The summed E-state index contributed by atoms with van der Waals surface area (Å²) in [4.78, 5) is 15.3. The third kappa shape index (κ3) is 2.12. The SMILES string of the molecule is O=C(O)c1nn(Cc2cnccc2Cl)c2ccccc12. The molecule has 2 aromatic heterocycles. The Balaban J connectivity index is 2.13. The van der Waals surface area contributed by atoms with Gasteiger partial charge in [0.25, 0.3) is 0 Å². The second-order valence-electron chi connectivity index (χ2n) is 4.30. The van der Waals surface area contributed by atoms with Crippen LogP contribution in [0.2, 0.25) is 5.02 Å². The van der Waals surface area contributed by atoms with Gasteiger partial charge in [0.2, 0.25) is 0 Å². The average Bonchev–Trinajstić information content (AvgIpc) is 2.81. The number of halogens is 1. The topological polar surface area (TPSA) is 68.0 Å². The minimum atomic E-state index is -1.04. The lowest BCUT2D eigenvalue weighted by molar-refractivity contribution is 0.0691. The molecule has 3 aromatic rings. The van der Waals surface area contributed by atoms with E-state index in [2.05, 4.69) is 10.1 Å². The first kappa shape index (κ1) is 12.6. The number of carboxylic acid groups (broad SMARTS) is 1. The molecule has 0 atom stereocenters. The quantitative estimate of drug-likeness (QED) is 0.804. The minimum Gasteiger partial charge on any atom is -0.476 e. The van der Waals surface area contributed by atoms with Gasteiger partial charge in [-0.2, -0.15) is 5.10 Å². The molecule has 0 bridgehead atoms. The number of nitrogens with zero attached hydrogens (tertiary/aromatic N) is 3. The first-order chi connectivity index (χ1) is 9.66. The lowest BCUT2D eigenvalue weighted by Crippen LogP contribution is -2.05. The minimum absolute atomic E-state index is 0.0422. The van der Waals surface area contributed by atoms with Gasteiger partial charge in [0.05, 0.1) is 12.1 Å². The molecule has 0 spiro atoms. The number of carboxylic acids is 1. The number of pyridine rings is 1. The van der Waals surface area contributed by atoms with E-state index in [1.54, 1.807) is 35.3 Å². The van der Waals surface area contributed by atoms with Crippen LogP contribution in [-0.2, 0) is 6.54 Å². The monoisotopic (exact) mass is 287 g/mol. The highest BCUT2D eigenvalue weighted by atomic mass is 35.5. The molecule has 0 unspecified atom stereocenters. The largest absolute Gasteiger partial charge is 0.476 e. The van der Waals surface area contributed by atoms with Crippen LogP contribution in [0.3, 0.4) is 0 Å². The number of benzene rings is 1. The number of hydrogen-bond donors (Lipinski definition) is 1. The fourth-order valence-electron chi connectivity index (χ4n) is 2.09. The molecule has 0 saturated heterocycles. The number of rotatable bonds is 3. The Bertz CT molecular complexity index is 798. The van der Waals surface area contributed by atoms with Crippen molar-refractivity contribution in [2.75, 3.05) is 0 Å². The summed E-state index contributed by atoms with van der Waals surface area (Å²) < 4.78 is 1.63. The number of aromatic nitrogens is 3. The van der Waals surface area contributed by atoms with Gasteiger partial charge in [0, 0.05) is 28.4 Å². The molecule has 0 saturated carbocycles. The predicted octanol–water partition coefficient (Wildman–Crippen LogP) is 2.83. The van der Waals surface area contributed by atoms with Crippen molar-refractivity contribution in [1.82, 2.24) is 14.8 Å². The van der Waals surface area contributed by atoms with Crippen LogP contribution in [0.5, 0.6) is 0 Å². The Morgan fingerprint density at radius 2 is 2.10 bits per heavy atom. The number of hydrogen-bond acceptors (Lipinski definition) is 3. The van der Waals surface area contributed by atoms with E-state index in [1.165, 1.54) is 0 Å². The molecule has 0 aliphatic heterocycles. The summed E-state index contributed by atoms with van der Waals surface area (Å²) in [6, 6.07) is 8.90. The Morgan fingerprint density at radius 3 is 2.85 bits per heavy atom. The zero-order valence-corrected chi connectivity index (χ0v) is 11.1. The summed E-state index contributed by atoms with van der Waals surface area (Å²) in [5, 5.41) is 14.5. The first-order valence-corrected chi connectivity index (χ1v) is 6.32. The average molecular weight is 288 g/mol. The van der Waals surface area contributed by atoms with Crippen LogP contribution < -0.4 is 0 Å². The fourth-order valence-corrected chi connectivity index (χ4v) is 2.26. The van der Waals surface area contributed by atoms with E-state index >= 15 is 0 Å². The molecule has 5 nitrogen and oxygen atoms in total. The molecule has 20 heavy (non-hydrogen) atoms. The molecule has 0 amide bonds. The van der Waals surface area contributed by atoms with E-state index in [0.717, 1.165) is 11.1 Å². The van der Waals surface area contributed by atoms with Crippen LogP contribution in [0.25, 0.3) is 10.9 Å². The molecule has 0 aliphatic carbocycles. The molecular weight excluding hydrogens is 278 g/mol. The summed E-state index contributed by atoms with van der Waals surface area (Å²) in [7, 11) is 0. The molecule has 2 heterocycles. The van der Waals surface area contributed by atoms with Crippen LogP contribution in [0.4, 0.5) is 0 Å². The summed E-state index contributed by atoms with van der Waals surface area (Å²) in [6.07, 6.45) is 3.26. The summed E-state index contributed by atoms with van der Waals surface area (Å²) in [5.41, 5.74) is 1.59. The predicted molar refractivity (Wildman–Crippen MR) is 75.0 cm³/mol. The van der Waals surface area contributed by atoms with E-state index in [4.69, 9.17) is 11.6 Å².